The predicted octanol–water partition coefficient (Wildman–Crippen LogP) is 15.8. The molecule has 37 nitrogen and oxygen atoms in total. The van der Waals surface area contributed by atoms with Crippen molar-refractivity contribution < 1.29 is 131 Å². The first kappa shape index (κ1) is 115. The number of para-hydroxylation sites is 2. The summed E-state index contributed by atoms with van der Waals surface area (Å²) >= 11 is 0. The van der Waals surface area contributed by atoms with E-state index in [4.69, 9.17) is 53.3 Å². The highest BCUT2D eigenvalue weighted by atomic mass is 32.3. The summed E-state index contributed by atoms with van der Waals surface area (Å²) in [5, 5.41) is 87.3. The van der Waals surface area contributed by atoms with Crippen molar-refractivity contribution >= 4 is 55.2 Å². The lowest BCUT2D eigenvalue weighted by Crippen LogP contribution is -2.60. The number of rotatable bonds is 18. The van der Waals surface area contributed by atoms with Gasteiger partial charge in [-0.15, -0.1) is 0 Å². The van der Waals surface area contributed by atoms with Gasteiger partial charge in [0.1, 0.15) is 37.0 Å². The quantitative estimate of drug-likeness (QED) is 0.0218. The van der Waals surface area contributed by atoms with Gasteiger partial charge in [-0.25, -0.2) is 32.2 Å². The Bertz CT molecular complexity index is 4170. The number of carbonyl (C=O) groups excluding carboxylic acids is 3. The first-order chi connectivity index (χ1) is 57.4. The van der Waals surface area contributed by atoms with E-state index in [9.17, 15) is 76.1 Å². The molecular formula is C87H162N10O27S3. The normalized spacial score (nSPS) is 24.0. The van der Waals surface area contributed by atoms with E-state index in [1.807, 2.05) is 209 Å². The molecular weight excluding hydrogens is 1710 g/mol. The number of piperidine rings is 7. The molecule has 9 rings (SSSR count). The molecule has 40 heteroatoms. The average Bonchev–Trinajstić information content (AvgIpc) is 0.886. The highest BCUT2D eigenvalue weighted by molar-refractivity contribution is 7.82. The van der Waals surface area contributed by atoms with Gasteiger partial charge in [0.15, 0.2) is 0 Å². The Morgan fingerprint density at radius 2 is 0.638 bits per heavy atom. The van der Waals surface area contributed by atoms with Gasteiger partial charge in [0.2, 0.25) is 0 Å². The van der Waals surface area contributed by atoms with Crippen molar-refractivity contribution in [1.29, 1.82) is 0 Å². The van der Waals surface area contributed by atoms with E-state index in [2.05, 4.69) is 24.3 Å². The fourth-order valence-electron chi connectivity index (χ4n) is 18.6. The zero-order valence-electron chi connectivity index (χ0n) is 80.9. The second kappa shape index (κ2) is 44.7. The molecule has 0 bridgehead atoms. The summed E-state index contributed by atoms with van der Waals surface area (Å²) < 4.78 is 125. The number of benzene rings is 2. The summed E-state index contributed by atoms with van der Waals surface area (Å²) in [4.78, 5) is 34.4. The first-order valence-corrected chi connectivity index (χ1v) is 46.6. The molecule has 0 aliphatic carbocycles. The zero-order chi connectivity index (χ0) is 98.2. The number of amides is 3. The average molecular weight is 1880 g/mol. The second-order valence-electron chi connectivity index (χ2n) is 42.0. The maximum atomic E-state index is 12.1. The summed E-state index contributed by atoms with van der Waals surface area (Å²) in [5.41, 5.74) is -5.78. The van der Waals surface area contributed by atoms with Crippen molar-refractivity contribution in [3.05, 3.63) is 60.7 Å². The monoisotopic (exact) mass is 1880 g/mol. The predicted molar refractivity (Wildman–Crippen MR) is 484 cm³/mol. The van der Waals surface area contributed by atoms with Crippen LogP contribution >= 0.6 is 0 Å². The molecule has 7 saturated heterocycles. The number of nitrogens with zero attached hydrogens (tertiary/aromatic N) is 7. The maximum absolute atomic E-state index is 12.1. The summed E-state index contributed by atoms with van der Waals surface area (Å²) in [5.74, 6) is 0.209. The Balaban J connectivity index is 0. The summed E-state index contributed by atoms with van der Waals surface area (Å²) in [6.07, 6.45) is 15.2. The van der Waals surface area contributed by atoms with Gasteiger partial charge in [-0.2, -0.15) is 60.7 Å². The Kier molecular flexibility index (Phi) is 40.5. The second-order valence-corrected chi connectivity index (χ2v) is 45.7. The van der Waals surface area contributed by atoms with Crippen molar-refractivity contribution in [2.75, 3.05) is 32.9 Å². The minimum Gasteiger partial charge on any atom is -0.446 e. The smallest absolute Gasteiger partial charge is 0.446 e. The molecule has 127 heavy (non-hydrogen) atoms. The van der Waals surface area contributed by atoms with Crippen LogP contribution < -0.4 is 20.1 Å². The molecule has 7 aliphatic heterocycles. The maximum Gasteiger partial charge on any atom is 0.457 e. The number of anilines is 1. The molecule has 7 fully saturated rings. The van der Waals surface area contributed by atoms with Gasteiger partial charge in [-0.3, -0.25) is 9.50 Å². The minimum absolute atomic E-state index is 0. The van der Waals surface area contributed by atoms with E-state index in [1.54, 1.807) is 71.2 Å². The molecule has 0 saturated carbocycles. The van der Waals surface area contributed by atoms with E-state index in [1.165, 1.54) is 35.4 Å². The molecule has 740 valence electrons. The Morgan fingerprint density at radius 1 is 0.386 bits per heavy atom. The third kappa shape index (κ3) is 35.5. The topological polar surface area (TPSA) is 456 Å². The number of hydrogen-bond acceptors (Lipinski definition) is 34. The van der Waals surface area contributed by atoms with E-state index < -0.39 is 123 Å². The lowest BCUT2D eigenvalue weighted by Gasteiger charge is -2.51. The molecule has 0 aromatic heterocycles. The fraction of sp³-hybridized carbons (Fsp3) is 0.782. The van der Waals surface area contributed by atoms with Gasteiger partial charge in [-0.05, 0) is 276 Å². The van der Waals surface area contributed by atoms with Crippen molar-refractivity contribution in [2.45, 2.75) is 411 Å². The van der Waals surface area contributed by atoms with Gasteiger partial charge in [0.05, 0.1) is 31.5 Å². The van der Waals surface area contributed by atoms with Crippen LogP contribution in [-0.4, -0.2) is 263 Å². The SMILES string of the molecule is C#CNC(=O)OC1CC(C)(C)N(O)C(C)(C)C1.C#COS(=O)(=O)OC1CC(C)(C)N(O)C(C)(C)C1.CC1(C)CC(OC(=O)Nc2ccccc2)CC(C)(C)N1O.CC1(C)CC(OS(=O)(=O)Oc2ccccc2)CC(C)(C)N1O.CCOCOC1CC(C)(C)N(O)C(C)(C)C1.CNC(=O)OC1CC(C)(C)N(O)C(C)(C)C1.COS(=O)(=O)OC1CC(C)(C)N(O)C(C)(C)C1.[HH].[HH].[HH].[HH]. The van der Waals surface area contributed by atoms with Crippen LogP contribution in [0.15, 0.2) is 60.7 Å². The molecule has 3 amide bonds. The van der Waals surface area contributed by atoms with Crippen LogP contribution in [0.5, 0.6) is 5.75 Å². The van der Waals surface area contributed by atoms with Crippen LogP contribution in [0.25, 0.3) is 0 Å². The number of ether oxygens (including phenoxy) is 5. The summed E-state index contributed by atoms with van der Waals surface area (Å²) in [6, 6.07) is 19.5. The zero-order valence-corrected chi connectivity index (χ0v) is 83.4. The number of hydrogen-bond donors (Lipinski definition) is 10. The number of nitrogens with one attached hydrogen (secondary N) is 3. The Morgan fingerprint density at radius 3 is 0.906 bits per heavy atom. The van der Waals surface area contributed by atoms with Crippen molar-refractivity contribution in [2.24, 2.45) is 0 Å². The van der Waals surface area contributed by atoms with Crippen LogP contribution in [-0.2, 0) is 75.8 Å². The van der Waals surface area contributed by atoms with Crippen LogP contribution in [0.2, 0.25) is 0 Å². The lowest BCUT2D eigenvalue weighted by molar-refractivity contribution is -0.267. The molecule has 10 N–H and O–H groups in total. The number of alkyl carbamates (subject to hydrolysis) is 2. The van der Waals surface area contributed by atoms with Crippen LogP contribution in [0.1, 0.15) is 296 Å². The lowest BCUT2D eigenvalue weighted by atomic mass is 9.80. The minimum atomic E-state index is -4.19. The Hall–Kier alpha value is -5.98. The van der Waals surface area contributed by atoms with Crippen LogP contribution in [0.4, 0.5) is 20.1 Å². The van der Waals surface area contributed by atoms with Crippen molar-refractivity contribution in [3.8, 4) is 30.7 Å². The van der Waals surface area contributed by atoms with Crippen molar-refractivity contribution in [1.82, 2.24) is 46.1 Å². The third-order valence-corrected chi connectivity index (χ3v) is 25.7. The van der Waals surface area contributed by atoms with Gasteiger partial charge < -0.3 is 73.8 Å². The number of carbonyl (C=O) groups is 3. The molecule has 2 aromatic carbocycles. The molecule has 0 atom stereocenters. The molecule has 7 heterocycles. The highest BCUT2D eigenvalue weighted by Gasteiger charge is 2.53. The fourth-order valence-corrected chi connectivity index (χ4v) is 20.6. The van der Waals surface area contributed by atoms with Crippen LogP contribution in [0.3, 0.4) is 0 Å². The number of hydroxylamine groups is 14. The molecule has 0 radical (unpaired) electrons. The van der Waals surface area contributed by atoms with Crippen molar-refractivity contribution in [3.63, 3.8) is 0 Å². The first-order valence-electron chi connectivity index (χ1n) is 42.6. The molecule has 2 aromatic rings. The van der Waals surface area contributed by atoms with E-state index >= 15 is 0 Å². The molecule has 7 aliphatic rings. The highest BCUT2D eigenvalue weighted by Crippen LogP contribution is 2.45. The van der Waals surface area contributed by atoms with Crippen LogP contribution in [0, 0.1) is 25.0 Å². The van der Waals surface area contributed by atoms with E-state index in [0.29, 0.717) is 96.1 Å². The molecule has 0 spiro atoms. The largest absolute Gasteiger partial charge is 0.457 e. The third-order valence-electron chi connectivity index (χ3n) is 23.1. The summed E-state index contributed by atoms with van der Waals surface area (Å²) in [6.45, 7) is 56.2. The Labute approximate surface area is 763 Å². The number of terminal acetylenes is 2. The molecule has 0 unspecified atom stereocenters. The van der Waals surface area contributed by atoms with Gasteiger partial charge >= 0.3 is 49.5 Å². The van der Waals surface area contributed by atoms with E-state index in [-0.39, 0.29) is 58.0 Å². The summed E-state index contributed by atoms with van der Waals surface area (Å²) in [7, 11) is -9.67. The van der Waals surface area contributed by atoms with Gasteiger partial charge in [0, 0.05) is 147 Å². The van der Waals surface area contributed by atoms with Gasteiger partial charge in [0.25, 0.3) is 0 Å². The van der Waals surface area contributed by atoms with Gasteiger partial charge in [-0.1, -0.05) is 49.2 Å². The standard InChI is InChI=1S/C16H24N2O3.C15H23NO5S.C12H20N2O3.C12H25NO3.C11H22N2O3.C11H19NO5S.C10H21NO5S.4H2/c1-15(2)10-13(11-16(3,4)18(15)20)21-14(19)17-12-8-6-5-7-9-12;1-14(2)10-13(11-15(3,4)16(14)17)21-22(18,19)20-12-8-6-5-7-9-12;1-6-13-10(15)17-9-7-11(2,3)14(16)12(4,5)8-9;1-6-15-9-16-10-7-11(2,3)13(14)12(4,5)8-10;1-10(2)6-8(16-9(14)12-5)7-11(3,4)13(10)15;1-6-16-18(14,15)17-9-7-10(2,3)12(13)11(4,5)8-9;1-9(2)6-8(16-17(13,14)15-5)7-10(3,4)11(9)12;;;;/h5-9,13,20H,10-11H2,1-4H3,(H,17,19);5-9,13,17H,10-11H2,1-4H3;1,9,16H,7-8H2,2-5H3,(H,13,15);10,14H,6-9H2,1-5H3;8,15H,6-7H2,1-5H3,(H,12,14);1,9,13H,7-8H2,2-5H3;8,12H,6-7H2,1-5H3;4*1H. The van der Waals surface area contributed by atoms with E-state index in [0.717, 1.165) is 20.0 Å².